The minimum atomic E-state index is -0.588. The first-order chi connectivity index (χ1) is 21.5. The molecule has 0 spiro atoms. The molecule has 0 saturated heterocycles. The van der Waals surface area contributed by atoms with E-state index in [0.29, 0.717) is 5.75 Å². The molecule has 0 saturated carbocycles. The van der Waals surface area contributed by atoms with E-state index in [9.17, 15) is 19.2 Å². The highest BCUT2D eigenvalue weighted by Crippen LogP contribution is 2.09. The first-order valence-corrected chi connectivity index (χ1v) is 13.5. The predicted molar refractivity (Wildman–Crippen MR) is 158 cm³/mol. The number of hydrogen-bond donors (Lipinski definition) is 2. The summed E-state index contributed by atoms with van der Waals surface area (Å²) in [5.74, 6) is 0.350. The molecule has 0 aliphatic carbocycles. The molecule has 0 aliphatic rings. The molecule has 0 fully saturated rings. The number of carbonyl (C=O) groups is 4. The number of esters is 4. The van der Waals surface area contributed by atoms with Gasteiger partial charge in [0, 0.05) is 29.6 Å². The summed E-state index contributed by atoms with van der Waals surface area (Å²) < 4.78 is 18.4. The lowest BCUT2D eigenvalue weighted by Gasteiger charge is -2.10. The van der Waals surface area contributed by atoms with Crippen molar-refractivity contribution in [3.8, 4) is 0 Å². The topological polar surface area (TPSA) is 262 Å². The van der Waals surface area contributed by atoms with Crippen LogP contribution in [-0.2, 0) is 76.5 Å². The summed E-state index contributed by atoms with van der Waals surface area (Å²) in [7, 11) is 1.00. The number of thiol groups is 1. The Balaban J connectivity index is -0.0000000709. The normalized spacial score (nSPS) is 7.76. The smallest absolute Gasteiger partial charge is 0.373 e. The molecule has 46 heavy (non-hydrogen) atoms. The van der Waals surface area contributed by atoms with Gasteiger partial charge < -0.3 is 24.1 Å². The van der Waals surface area contributed by atoms with Crippen LogP contribution in [0.25, 0.3) is 0 Å². The van der Waals surface area contributed by atoms with Gasteiger partial charge in [-0.05, 0) is 32.3 Å². The maximum Gasteiger partial charge on any atom is 0.373 e. The molecule has 0 radical (unpaired) electrons. The maximum atomic E-state index is 11.4. The van der Waals surface area contributed by atoms with E-state index in [4.69, 9.17) is 48.2 Å². The van der Waals surface area contributed by atoms with Crippen molar-refractivity contribution in [2.75, 3.05) is 38.0 Å². The van der Waals surface area contributed by atoms with Crippen LogP contribution < -0.4 is 0 Å². The molecule has 0 amide bonds. The molecule has 1 unspecified atom stereocenters. The molecule has 19 heteroatoms. The molecule has 0 rings (SSSR count). The van der Waals surface area contributed by atoms with Crippen LogP contribution in [0.15, 0.2) is 36.5 Å². The minimum absolute atomic E-state index is 0.187. The molecule has 0 heterocycles. The van der Waals surface area contributed by atoms with Gasteiger partial charge in [0.2, 0.25) is 13.6 Å². The molecular formula is C27H40O17S2. The van der Waals surface area contributed by atoms with Crippen molar-refractivity contribution in [3.63, 3.8) is 0 Å². The van der Waals surface area contributed by atoms with E-state index in [2.05, 4.69) is 46.6 Å². The maximum absolute atomic E-state index is 11.4. The predicted octanol–water partition coefficient (Wildman–Crippen LogP) is 1.39. The molecule has 0 aliphatic heterocycles. The second-order valence-electron chi connectivity index (χ2n) is 6.55. The lowest BCUT2D eigenvalue weighted by molar-refractivity contribution is -0.193. The van der Waals surface area contributed by atoms with Crippen molar-refractivity contribution in [1.29, 1.82) is 0 Å². The zero-order valence-electron chi connectivity index (χ0n) is 26.6. The zero-order valence-corrected chi connectivity index (χ0v) is 28.3. The molecule has 0 bridgehead atoms. The van der Waals surface area contributed by atoms with Crippen LogP contribution in [0.5, 0.6) is 0 Å². The quantitative estimate of drug-likeness (QED) is 0.133. The Hall–Kier alpha value is -4.72. The Morgan fingerprint density at radius 3 is 1.07 bits per heavy atom. The molecule has 0 aromatic heterocycles. The van der Waals surface area contributed by atoms with Crippen LogP contribution in [0, 0.1) is 5.92 Å². The zero-order chi connectivity index (χ0) is 38.5. The Morgan fingerprint density at radius 1 is 0.652 bits per heavy atom. The highest BCUT2D eigenvalue weighted by molar-refractivity contribution is 7.99. The summed E-state index contributed by atoms with van der Waals surface area (Å²) >= 11 is 5.46. The Morgan fingerprint density at radius 2 is 0.870 bits per heavy atom. The number of hydrogen-bond acceptors (Lipinski definition) is 19. The monoisotopic (exact) mass is 700 g/mol. The van der Waals surface area contributed by atoms with Gasteiger partial charge in [-0.2, -0.15) is 62.7 Å². The van der Waals surface area contributed by atoms with Gasteiger partial charge in [-0.1, -0.05) is 40.5 Å². The first-order valence-electron chi connectivity index (χ1n) is 11.8. The van der Waals surface area contributed by atoms with E-state index in [1.165, 1.54) is 20.8 Å². The standard InChI is InChI=1S/C11H18O4S.C9H12O4.C2H6S.4CO2.CH4O/c1-5-16-6-9(4)11(13)15-7-14-10(12)8(2)3;1-6(2)8(10)12-5-13-9(11)7(3)4;1-2-3;4*2-1-3;1-2/h9H,2,5-7H2,1,3-4H3;1,3,5H2,2,4H3;3H,2H2,1H3;;;;;2H,1H3. The van der Waals surface area contributed by atoms with Crippen LogP contribution >= 0.6 is 24.4 Å². The van der Waals surface area contributed by atoms with Gasteiger partial charge in [-0.15, -0.1) is 0 Å². The van der Waals surface area contributed by atoms with Gasteiger partial charge in [-0.25, -0.2) is 14.4 Å². The van der Waals surface area contributed by atoms with Crippen LogP contribution in [0.4, 0.5) is 0 Å². The molecule has 1 N–H and O–H groups in total. The van der Waals surface area contributed by atoms with Crippen LogP contribution in [-0.4, -0.2) is 91.5 Å². The van der Waals surface area contributed by atoms with Crippen LogP contribution in [0.3, 0.4) is 0 Å². The molecular weight excluding hydrogens is 660 g/mol. The summed E-state index contributed by atoms with van der Waals surface area (Å²) in [6.07, 6.45) is 1.00. The average Bonchev–Trinajstić information content (AvgIpc) is 2.98. The number of thioether (sulfide) groups is 1. The van der Waals surface area contributed by atoms with Gasteiger partial charge in [0.05, 0.1) is 5.92 Å². The van der Waals surface area contributed by atoms with Crippen molar-refractivity contribution in [2.45, 2.75) is 41.5 Å². The Labute approximate surface area is 276 Å². The molecule has 0 aromatic rings. The van der Waals surface area contributed by atoms with Crippen molar-refractivity contribution in [1.82, 2.24) is 0 Å². The van der Waals surface area contributed by atoms with E-state index in [0.717, 1.165) is 18.6 Å². The van der Waals surface area contributed by atoms with E-state index >= 15 is 0 Å². The fourth-order valence-corrected chi connectivity index (χ4v) is 1.88. The molecule has 0 aromatic carbocycles. The summed E-state index contributed by atoms with van der Waals surface area (Å²) in [5, 5.41) is 7.00. The molecule has 262 valence electrons. The fourth-order valence-electron chi connectivity index (χ4n) is 1.15. The van der Waals surface area contributed by atoms with Crippen molar-refractivity contribution in [3.05, 3.63) is 36.5 Å². The van der Waals surface area contributed by atoms with Crippen LogP contribution in [0.2, 0.25) is 0 Å². The van der Waals surface area contributed by atoms with Gasteiger partial charge in [0.25, 0.3) is 0 Å². The fraction of sp³-hybridized carbons (Fsp3) is 0.481. The van der Waals surface area contributed by atoms with Crippen molar-refractivity contribution >= 4 is 72.9 Å². The highest BCUT2D eigenvalue weighted by Gasteiger charge is 2.14. The Bertz CT molecular complexity index is 908. The third kappa shape index (κ3) is 77.3. The highest BCUT2D eigenvalue weighted by atomic mass is 32.2. The number of ether oxygens (including phenoxy) is 4. The second kappa shape index (κ2) is 56.1. The third-order valence-corrected chi connectivity index (χ3v) is 3.93. The number of aliphatic hydroxyl groups excluding tert-OH is 1. The van der Waals surface area contributed by atoms with Gasteiger partial charge in [-0.3, -0.25) is 4.79 Å². The van der Waals surface area contributed by atoms with E-state index in [1.807, 2.05) is 13.8 Å². The van der Waals surface area contributed by atoms with Crippen molar-refractivity contribution < 1.29 is 81.6 Å². The average molecular weight is 701 g/mol. The molecule has 17 nitrogen and oxygen atoms in total. The van der Waals surface area contributed by atoms with Gasteiger partial charge >= 0.3 is 48.5 Å². The van der Waals surface area contributed by atoms with E-state index in [1.54, 1.807) is 18.7 Å². The summed E-state index contributed by atoms with van der Waals surface area (Å²) in [6.45, 7) is 19.7. The van der Waals surface area contributed by atoms with Crippen LogP contribution in [0.1, 0.15) is 41.5 Å². The third-order valence-electron chi connectivity index (χ3n) is 2.79. The molecule has 1 atom stereocenters. The first kappa shape index (κ1) is 60.5. The second-order valence-corrected chi connectivity index (χ2v) is 8.50. The SMILES string of the molecule is C=C(C)C(=O)OCOC(=O)C(=C)C.C=C(C)C(=O)OCOC(=O)C(C)CSCC.CCS.CO.O=C=O.O=C=O.O=C=O.O=C=O. The number of carbonyl (C=O) groups excluding carboxylic acids is 12. The summed E-state index contributed by atoms with van der Waals surface area (Å²) in [5.41, 5.74) is 0.795. The summed E-state index contributed by atoms with van der Waals surface area (Å²) in [6, 6.07) is 0. The number of rotatable bonds is 11. The minimum Gasteiger partial charge on any atom is -0.428 e. The van der Waals surface area contributed by atoms with Gasteiger partial charge in [0.1, 0.15) is 0 Å². The lowest BCUT2D eigenvalue weighted by atomic mass is 10.2. The Kier molecular flexibility index (Phi) is 73.8. The van der Waals surface area contributed by atoms with Crippen molar-refractivity contribution in [2.24, 2.45) is 5.92 Å². The van der Waals surface area contributed by atoms with E-state index in [-0.39, 0.29) is 60.0 Å². The number of aliphatic hydroxyl groups is 1. The summed E-state index contributed by atoms with van der Waals surface area (Å²) in [4.78, 5) is 109. The van der Waals surface area contributed by atoms with Gasteiger partial charge in [0.15, 0.2) is 0 Å². The largest absolute Gasteiger partial charge is 0.428 e. The lowest BCUT2D eigenvalue weighted by Crippen LogP contribution is -2.20. The van der Waals surface area contributed by atoms with E-state index < -0.39 is 24.7 Å².